The number of aromatic amines is 1. The quantitative estimate of drug-likeness (QED) is 0.499. The van der Waals surface area contributed by atoms with Crippen LogP contribution in [0.1, 0.15) is 18.6 Å². The molecular weight excluding hydrogens is 268 g/mol. The van der Waals surface area contributed by atoms with Crippen LogP contribution >= 0.6 is 0 Å². The Balaban J connectivity index is 2.12. The van der Waals surface area contributed by atoms with Gasteiger partial charge < -0.3 is 20.1 Å². The molecule has 20 heavy (non-hydrogen) atoms. The van der Waals surface area contributed by atoms with Crippen molar-refractivity contribution in [3.05, 3.63) is 28.6 Å². The fourth-order valence-electron chi connectivity index (χ4n) is 2.48. The van der Waals surface area contributed by atoms with Crippen LogP contribution in [0.4, 0.5) is 0 Å². The van der Waals surface area contributed by atoms with Gasteiger partial charge in [-0.2, -0.15) is 9.61 Å². The number of ether oxygens (including phenoxy) is 1. The molecule has 0 aliphatic carbocycles. The highest BCUT2D eigenvalue weighted by Crippen LogP contribution is 2.42. The zero-order valence-electron chi connectivity index (χ0n) is 10.6. The van der Waals surface area contributed by atoms with E-state index in [4.69, 9.17) is 9.84 Å². The number of hydrogen-bond acceptors (Lipinski definition) is 7. The second kappa shape index (κ2) is 4.35. The first kappa shape index (κ1) is 13.2. The smallest absolute Gasteiger partial charge is 0.349 e. The number of aliphatic hydroxyl groups is 3. The first-order valence-corrected chi connectivity index (χ1v) is 6.05. The van der Waals surface area contributed by atoms with Crippen molar-refractivity contribution in [2.24, 2.45) is 0 Å². The van der Waals surface area contributed by atoms with Gasteiger partial charge in [-0.05, 0) is 6.92 Å². The minimum Gasteiger partial charge on any atom is -0.394 e. The lowest BCUT2D eigenvalue weighted by molar-refractivity contribution is -0.0641. The van der Waals surface area contributed by atoms with Gasteiger partial charge in [0.1, 0.15) is 23.9 Å². The van der Waals surface area contributed by atoms with Crippen molar-refractivity contribution in [1.82, 2.24) is 19.6 Å². The maximum atomic E-state index is 11.6. The second-order valence-corrected chi connectivity index (χ2v) is 4.95. The molecule has 1 fully saturated rings. The summed E-state index contributed by atoms with van der Waals surface area (Å²) in [5.74, 6) is 0. The second-order valence-electron chi connectivity index (χ2n) is 4.95. The van der Waals surface area contributed by atoms with E-state index in [1.165, 1.54) is 19.4 Å². The molecule has 108 valence electrons. The topological polar surface area (TPSA) is 133 Å². The van der Waals surface area contributed by atoms with Gasteiger partial charge in [0.2, 0.25) is 0 Å². The van der Waals surface area contributed by atoms with Crippen LogP contribution in [0, 0.1) is 0 Å². The summed E-state index contributed by atoms with van der Waals surface area (Å²) in [7, 11) is 0. The third-order valence-corrected chi connectivity index (χ3v) is 3.59. The number of nitrogens with one attached hydrogen (secondary N) is 1. The van der Waals surface area contributed by atoms with Gasteiger partial charge in [-0.1, -0.05) is 0 Å². The Kier molecular flexibility index (Phi) is 2.87. The lowest BCUT2D eigenvalue weighted by atomic mass is 9.90. The van der Waals surface area contributed by atoms with Crippen molar-refractivity contribution in [1.29, 1.82) is 0 Å². The number of H-pyrrole nitrogens is 1. The molecule has 1 aliphatic rings. The van der Waals surface area contributed by atoms with Gasteiger partial charge in [-0.15, -0.1) is 0 Å². The third kappa shape index (κ3) is 1.68. The molecule has 0 spiro atoms. The molecule has 0 amide bonds. The van der Waals surface area contributed by atoms with Crippen LogP contribution < -0.4 is 5.69 Å². The summed E-state index contributed by atoms with van der Waals surface area (Å²) >= 11 is 0. The lowest BCUT2D eigenvalue weighted by Crippen LogP contribution is -2.43. The van der Waals surface area contributed by atoms with Crippen molar-refractivity contribution >= 4 is 5.65 Å². The molecule has 9 nitrogen and oxygen atoms in total. The minimum atomic E-state index is -1.62. The summed E-state index contributed by atoms with van der Waals surface area (Å²) in [5.41, 5.74) is -1.50. The maximum absolute atomic E-state index is 11.6. The van der Waals surface area contributed by atoms with E-state index in [0.29, 0.717) is 5.56 Å². The molecule has 2 aromatic heterocycles. The van der Waals surface area contributed by atoms with E-state index in [2.05, 4.69) is 15.1 Å². The Morgan fingerprint density at radius 3 is 3.00 bits per heavy atom. The van der Waals surface area contributed by atoms with E-state index in [1.54, 1.807) is 0 Å². The molecule has 9 heteroatoms. The normalized spacial score (nSPS) is 33.9. The highest BCUT2D eigenvalue weighted by Gasteiger charge is 2.53. The average molecular weight is 282 g/mol. The Bertz CT molecular complexity index is 693. The third-order valence-electron chi connectivity index (χ3n) is 3.59. The summed E-state index contributed by atoms with van der Waals surface area (Å²) in [6.45, 7) is 0.968. The monoisotopic (exact) mass is 282 g/mol. The Hall–Kier alpha value is -1.81. The lowest BCUT2D eigenvalue weighted by Gasteiger charge is -2.25. The molecule has 1 saturated heterocycles. The highest BCUT2D eigenvalue weighted by molar-refractivity contribution is 5.48. The summed E-state index contributed by atoms with van der Waals surface area (Å²) < 4.78 is 6.51. The SMILES string of the molecule is C[C@@]1(O)[C@H](O)[C@@H](CO)O[C@H]1c1cnn2c(=O)[nH]cnc12. The molecule has 0 saturated carbocycles. The van der Waals surface area contributed by atoms with E-state index in [0.717, 1.165) is 4.52 Å². The van der Waals surface area contributed by atoms with Crippen molar-refractivity contribution in [3.8, 4) is 0 Å². The number of hydrogen-bond donors (Lipinski definition) is 4. The Labute approximate surface area is 112 Å². The van der Waals surface area contributed by atoms with Gasteiger partial charge in [0.15, 0.2) is 5.65 Å². The van der Waals surface area contributed by atoms with Crippen LogP contribution in [0.2, 0.25) is 0 Å². The van der Waals surface area contributed by atoms with Crippen molar-refractivity contribution < 1.29 is 20.1 Å². The maximum Gasteiger partial charge on any atom is 0.349 e. The molecule has 1 aliphatic heterocycles. The van der Waals surface area contributed by atoms with Gasteiger partial charge in [0, 0.05) is 5.56 Å². The van der Waals surface area contributed by atoms with Crippen molar-refractivity contribution in [3.63, 3.8) is 0 Å². The van der Waals surface area contributed by atoms with Crippen LogP contribution in [0.15, 0.2) is 17.3 Å². The minimum absolute atomic E-state index is 0.227. The van der Waals surface area contributed by atoms with Gasteiger partial charge in [0.05, 0.1) is 19.1 Å². The first-order valence-electron chi connectivity index (χ1n) is 6.05. The number of fused-ring (bicyclic) bond motifs is 1. The molecule has 2 aromatic rings. The largest absolute Gasteiger partial charge is 0.394 e. The number of rotatable bonds is 2. The molecule has 0 bridgehead atoms. The van der Waals surface area contributed by atoms with Crippen molar-refractivity contribution in [2.75, 3.05) is 6.61 Å². The number of nitrogens with zero attached hydrogens (tertiary/aromatic N) is 3. The molecular formula is C11H14N4O5. The van der Waals surface area contributed by atoms with E-state index in [-0.39, 0.29) is 5.65 Å². The van der Waals surface area contributed by atoms with E-state index < -0.39 is 36.2 Å². The summed E-state index contributed by atoms with van der Waals surface area (Å²) in [6.07, 6.45) is -0.543. The molecule has 4 atom stereocenters. The fourth-order valence-corrected chi connectivity index (χ4v) is 2.48. The van der Waals surface area contributed by atoms with E-state index in [9.17, 15) is 15.0 Å². The summed E-state index contributed by atoms with van der Waals surface area (Å²) in [6, 6.07) is 0. The molecule has 3 heterocycles. The zero-order valence-corrected chi connectivity index (χ0v) is 10.6. The van der Waals surface area contributed by atoms with Crippen LogP contribution in [0.3, 0.4) is 0 Å². The standard InChI is InChI=1S/C11H14N4O5/c1-11(19)7(17)6(3-16)20-8(11)5-2-14-15-9(5)12-4-13-10(15)18/h2,4,6-8,16-17,19H,3H2,1H3,(H,12,13,18)/t6-,7-,8+,11-/m1/s1. The van der Waals surface area contributed by atoms with Gasteiger partial charge in [-0.3, -0.25) is 4.98 Å². The molecule has 3 rings (SSSR count). The van der Waals surface area contributed by atoms with Crippen LogP contribution in [0.5, 0.6) is 0 Å². The van der Waals surface area contributed by atoms with E-state index >= 15 is 0 Å². The Morgan fingerprint density at radius 1 is 1.60 bits per heavy atom. The zero-order chi connectivity index (χ0) is 14.5. The summed E-state index contributed by atoms with van der Waals surface area (Å²) in [5, 5.41) is 33.4. The predicted molar refractivity (Wildman–Crippen MR) is 64.9 cm³/mol. The Morgan fingerprint density at radius 2 is 2.35 bits per heavy atom. The average Bonchev–Trinajstić information content (AvgIpc) is 2.92. The van der Waals surface area contributed by atoms with Gasteiger partial charge >= 0.3 is 5.69 Å². The molecule has 0 unspecified atom stereocenters. The van der Waals surface area contributed by atoms with Gasteiger partial charge in [0.25, 0.3) is 0 Å². The highest BCUT2D eigenvalue weighted by atomic mass is 16.6. The fraction of sp³-hybridized carbons (Fsp3) is 0.545. The predicted octanol–water partition coefficient (Wildman–Crippen LogP) is -2.04. The molecule has 4 N–H and O–H groups in total. The molecule has 0 aromatic carbocycles. The van der Waals surface area contributed by atoms with Crippen LogP contribution in [-0.4, -0.2) is 59.3 Å². The van der Waals surface area contributed by atoms with Crippen molar-refractivity contribution in [2.45, 2.75) is 30.8 Å². The number of aromatic nitrogens is 4. The van der Waals surface area contributed by atoms with E-state index in [1.807, 2.05) is 0 Å². The number of aliphatic hydroxyl groups excluding tert-OH is 2. The summed E-state index contributed by atoms with van der Waals surface area (Å²) in [4.78, 5) is 17.9. The van der Waals surface area contributed by atoms with Crippen LogP contribution in [-0.2, 0) is 4.74 Å². The molecule has 0 radical (unpaired) electrons. The first-order chi connectivity index (χ1) is 9.46. The van der Waals surface area contributed by atoms with Gasteiger partial charge in [-0.25, -0.2) is 9.78 Å². The van der Waals surface area contributed by atoms with Crippen LogP contribution in [0.25, 0.3) is 5.65 Å².